The Bertz CT molecular complexity index is 352. The van der Waals surface area contributed by atoms with Crippen LogP contribution in [0.2, 0.25) is 0 Å². The summed E-state index contributed by atoms with van der Waals surface area (Å²) in [6.07, 6.45) is -0.995. The molecule has 0 saturated heterocycles. The maximum atomic E-state index is 9.26. The zero-order valence-electron chi connectivity index (χ0n) is 8.06. The molecular formula is C9H11NO5. The van der Waals surface area contributed by atoms with Crippen LogP contribution in [-0.2, 0) is 0 Å². The summed E-state index contributed by atoms with van der Waals surface area (Å²) < 4.78 is 9.95. The van der Waals surface area contributed by atoms with Gasteiger partial charge in [0.05, 0.1) is 0 Å². The Morgan fingerprint density at radius 3 is 2.67 bits per heavy atom. The number of benzene rings is 1. The molecule has 3 N–H and O–H groups in total. The Kier molecular flexibility index (Phi) is 3.61. The van der Waals surface area contributed by atoms with Crippen molar-refractivity contribution < 1.29 is 24.5 Å². The number of hydrogen-bond acceptors (Lipinski definition) is 4. The molecule has 1 aliphatic rings. The summed E-state index contributed by atoms with van der Waals surface area (Å²) in [6, 6.07) is 5.03. The van der Waals surface area contributed by atoms with Crippen LogP contribution < -0.4 is 14.8 Å². The van der Waals surface area contributed by atoms with Crippen LogP contribution in [0.4, 0.5) is 4.79 Å². The summed E-state index contributed by atoms with van der Waals surface area (Å²) >= 11 is 0. The second-order valence-electron chi connectivity index (χ2n) is 2.57. The molecule has 1 aromatic carbocycles. The van der Waals surface area contributed by atoms with Gasteiger partial charge in [0.1, 0.15) is 0 Å². The van der Waals surface area contributed by atoms with Gasteiger partial charge in [-0.25, -0.2) is 4.79 Å². The van der Waals surface area contributed by atoms with E-state index in [0.29, 0.717) is 11.5 Å². The fourth-order valence-electron chi connectivity index (χ4n) is 0.915. The van der Waals surface area contributed by atoms with Crippen molar-refractivity contribution >= 4 is 6.09 Å². The Labute approximate surface area is 86.1 Å². The van der Waals surface area contributed by atoms with Gasteiger partial charge in [-0.1, -0.05) is 6.07 Å². The number of amides is 1. The van der Waals surface area contributed by atoms with E-state index in [2.05, 4.69) is 0 Å². The number of fused-ring (bicyclic) bond motifs is 1. The average molecular weight is 213 g/mol. The van der Waals surface area contributed by atoms with Crippen LogP contribution in [0.15, 0.2) is 18.2 Å². The van der Waals surface area contributed by atoms with Crippen molar-refractivity contribution in [3.05, 3.63) is 18.2 Å². The number of rotatable bonds is 0. The quantitative estimate of drug-likeness (QED) is 0.598. The molecule has 0 radical (unpaired) electrons. The number of hydrogen-bond donors (Lipinski definition) is 3. The van der Waals surface area contributed by atoms with Crippen molar-refractivity contribution in [3.8, 4) is 17.2 Å². The third-order valence-electron chi connectivity index (χ3n) is 1.59. The topological polar surface area (TPSA) is 88.0 Å². The molecule has 2 rings (SSSR count). The van der Waals surface area contributed by atoms with Crippen LogP contribution in [0.3, 0.4) is 0 Å². The molecule has 15 heavy (non-hydrogen) atoms. The number of nitrogens with one attached hydrogen (secondary N) is 1. The Morgan fingerprint density at radius 2 is 2.13 bits per heavy atom. The molecule has 0 spiro atoms. The zero-order valence-corrected chi connectivity index (χ0v) is 8.06. The van der Waals surface area contributed by atoms with E-state index in [0.717, 1.165) is 0 Å². The number of carbonyl (C=O) groups is 1. The SMILES string of the molecule is CNC(=O)O.Oc1cccc2c1OCO2. The summed E-state index contributed by atoms with van der Waals surface area (Å²) in [5.74, 6) is 1.19. The van der Waals surface area contributed by atoms with Crippen molar-refractivity contribution in [2.24, 2.45) is 0 Å². The Hall–Kier alpha value is -2.11. The Balaban J connectivity index is 0.000000195. The van der Waals surface area contributed by atoms with Crippen LogP contribution in [0.1, 0.15) is 0 Å². The molecule has 0 saturated carbocycles. The van der Waals surface area contributed by atoms with E-state index >= 15 is 0 Å². The summed E-state index contributed by atoms with van der Waals surface area (Å²) in [5, 5.41) is 18.7. The van der Waals surface area contributed by atoms with E-state index in [1.807, 2.05) is 5.32 Å². The highest BCUT2D eigenvalue weighted by molar-refractivity contribution is 5.63. The minimum atomic E-state index is -0.995. The smallest absolute Gasteiger partial charge is 0.404 e. The highest BCUT2D eigenvalue weighted by atomic mass is 16.7. The summed E-state index contributed by atoms with van der Waals surface area (Å²) in [7, 11) is 1.35. The first-order valence-corrected chi connectivity index (χ1v) is 4.13. The number of ether oxygens (including phenoxy) is 2. The van der Waals surface area contributed by atoms with Gasteiger partial charge in [0.2, 0.25) is 12.5 Å². The molecule has 0 atom stereocenters. The molecule has 0 bridgehead atoms. The van der Waals surface area contributed by atoms with E-state index in [1.54, 1.807) is 18.2 Å². The minimum Gasteiger partial charge on any atom is -0.504 e. The highest BCUT2D eigenvalue weighted by Crippen LogP contribution is 2.39. The van der Waals surface area contributed by atoms with Gasteiger partial charge in [0, 0.05) is 7.05 Å². The highest BCUT2D eigenvalue weighted by Gasteiger charge is 2.15. The second kappa shape index (κ2) is 4.94. The lowest BCUT2D eigenvalue weighted by atomic mass is 10.3. The first kappa shape index (κ1) is 11.0. The molecule has 6 heteroatoms. The number of para-hydroxylation sites is 1. The van der Waals surface area contributed by atoms with Gasteiger partial charge in [-0.15, -0.1) is 0 Å². The summed E-state index contributed by atoms with van der Waals surface area (Å²) in [4.78, 5) is 9.26. The molecule has 1 aliphatic heterocycles. The van der Waals surface area contributed by atoms with E-state index in [9.17, 15) is 4.79 Å². The molecule has 0 unspecified atom stereocenters. The molecular weight excluding hydrogens is 202 g/mol. The molecule has 1 heterocycles. The lowest BCUT2D eigenvalue weighted by Crippen LogP contribution is -2.13. The molecule has 6 nitrogen and oxygen atoms in total. The zero-order chi connectivity index (χ0) is 11.3. The van der Waals surface area contributed by atoms with Crippen LogP contribution in [-0.4, -0.2) is 30.1 Å². The number of phenols is 1. The van der Waals surface area contributed by atoms with Gasteiger partial charge in [-0.05, 0) is 12.1 Å². The first-order chi connectivity index (χ1) is 7.15. The monoisotopic (exact) mass is 213 g/mol. The van der Waals surface area contributed by atoms with Crippen molar-refractivity contribution in [3.63, 3.8) is 0 Å². The van der Waals surface area contributed by atoms with Crippen LogP contribution in [0.25, 0.3) is 0 Å². The van der Waals surface area contributed by atoms with Crippen molar-refractivity contribution in [1.29, 1.82) is 0 Å². The fraction of sp³-hybridized carbons (Fsp3) is 0.222. The van der Waals surface area contributed by atoms with Crippen molar-refractivity contribution in [2.75, 3.05) is 13.8 Å². The molecule has 1 aromatic rings. The first-order valence-electron chi connectivity index (χ1n) is 4.13. The van der Waals surface area contributed by atoms with E-state index in [-0.39, 0.29) is 12.5 Å². The number of carboxylic acid groups (broad SMARTS) is 1. The predicted molar refractivity (Wildman–Crippen MR) is 51.3 cm³/mol. The molecule has 82 valence electrons. The average Bonchev–Trinajstić information content (AvgIpc) is 2.68. The normalized spacial score (nSPS) is 11.3. The van der Waals surface area contributed by atoms with Crippen LogP contribution in [0.5, 0.6) is 17.2 Å². The van der Waals surface area contributed by atoms with Gasteiger partial charge in [0.25, 0.3) is 0 Å². The molecule has 0 fully saturated rings. The predicted octanol–water partition coefficient (Wildman–Crippen LogP) is 1.00. The van der Waals surface area contributed by atoms with E-state index in [1.165, 1.54) is 7.05 Å². The van der Waals surface area contributed by atoms with Gasteiger partial charge in [-0.3, -0.25) is 0 Å². The maximum absolute atomic E-state index is 9.26. The van der Waals surface area contributed by atoms with Gasteiger partial charge < -0.3 is 25.0 Å². The number of phenolic OH excluding ortho intramolecular Hbond substituents is 1. The lowest BCUT2D eigenvalue weighted by Gasteiger charge is -1.95. The molecule has 0 aromatic heterocycles. The molecule has 0 aliphatic carbocycles. The Morgan fingerprint density at radius 1 is 1.47 bits per heavy atom. The van der Waals surface area contributed by atoms with Crippen molar-refractivity contribution in [2.45, 2.75) is 0 Å². The maximum Gasteiger partial charge on any atom is 0.404 e. The third-order valence-corrected chi connectivity index (χ3v) is 1.59. The fourth-order valence-corrected chi connectivity index (χ4v) is 0.915. The van der Waals surface area contributed by atoms with Gasteiger partial charge in [-0.2, -0.15) is 0 Å². The van der Waals surface area contributed by atoms with Crippen LogP contribution in [0, 0.1) is 0 Å². The summed E-state index contributed by atoms with van der Waals surface area (Å²) in [6.45, 7) is 0.201. The minimum absolute atomic E-state index is 0.134. The second-order valence-corrected chi connectivity index (χ2v) is 2.57. The van der Waals surface area contributed by atoms with Crippen molar-refractivity contribution in [1.82, 2.24) is 5.32 Å². The summed E-state index contributed by atoms with van der Waals surface area (Å²) in [5.41, 5.74) is 0. The largest absolute Gasteiger partial charge is 0.504 e. The van der Waals surface area contributed by atoms with Gasteiger partial charge in [0.15, 0.2) is 11.5 Å². The lowest BCUT2D eigenvalue weighted by molar-refractivity contribution is 0.171. The number of aromatic hydroxyl groups is 1. The van der Waals surface area contributed by atoms with Gasteiger partial charge >= 0.3 is 6.09 Å². The van der Waals surface area contributed by atoms with E-state index < -0.39 is 6.09 Å². The standard InChI is InChI=1S/C7H6O3.C2H5NO2/c8-5-2-1-3-6-7(5)10-4-9-6;1-3-2(4)5/h1-3,8H,4H2;3H,1H3,(H,4,5). The van der Waals surface area contributed by atoms with Crippen LogP contribution >= 0.6 is 0 Å². The van der Waals surface area contributed by atoms with E-state index in [4.69, 9.17) is 19.7 Å². The molecule has 1 amide bonds. The third kappa shape index (κ3) is 2.94.